The van der Waals surface area contributed by atoms with Crippen molar-refractivity contribution in [3.63, 3.8) is 0 Å². The van der Waals surface area contributed by atoms with E-state index >= 15 is 0 Å². The smallest absolute Gasteiger partial charge is 0.322 e. The van der Waals surface area contributed by atoms with Crippen LogP contribution in [0.5, 0.6) is 0 Å². The quantitative estimate of drug-likeness (QED) is 0.276. The van der Waals surface area contributed by atoms with E-state index in [0.29, 0.717) is 6.35 Å². The largest absolute Gasteiger partial charge is 0.461 e. The van der Waals surface area contributed by atoms with Crippen molar-refractivity contribution in [2.75, 3.05) is 12.7 Å². The zero-order valence-corrected chi connectivity index (χ0v) is 18.4. The summed E-state index contributed by atoms with van der Waals surface area (Å²) in [5, 5.41) is 7.53. The second-order valence-corrected chi connectivity index (χ2v) is 9.38. The molecule has 0 bridgehead atoms. The molecule has 2 unspecified atom stereocenters. The lowest BCUT2D eigenvalue weighted by Crippen LogP contribution is -2.25. The summed E-state index contributed by atoms with van der Waals surface area (Å²) in [4.78, 5) is 21.1. The summed E-state index contributed by atoms with van der Waals surface area (Å²) in [6.45, 7) is 7.06. The predicted molar refractivity (Wildman–Crippen MR) is 97.4 cm³/mol. The van der Waals surface area contributed by atoms with Crippen molar-refractivity contribution in [3.8, 4) is 0 Å². The molecule has 0 spiro atoms. The fraction of sp³-hybridized carbons (Fsp3) is 0.800. The first kappa shape index (κ1) is 25.4. The minimum Gasteiger partial charge on any atom is -0.461 e. The number of ether oxygens (including phenoxy) is 1. The predicted octanol–water partition coefficient (Wildman–Crippen LogP) is 3.43. The van der Waals surface area contributed by atoms with Crippen molar-refractivity contribution in [2.45, 2.75) is 36.3 Å². The molecule has 0 aromatic heterocycles. The van der Waals surface area contributed by atoms with E-state index in [1.54, 1.807) is 27.7 Å². The van der Waals surface area contributed by atoms with E-state index in [1.807, 2.05) is 0 Å². The fourth-order valence-corrected chi connectivity index (χ4v) is 0.513. The summed E-state index contributed by atoms with van der Waals surface area (Å²) in [5.74, 6) is -0.238. The minimum absolute atomic E-state index is 0.0278. The van der Waals surface area contributed by atoms with Crippen molar-refractivity contribution in [1.82, 2.24) is 0 Å². The number of carbonyl (C=O) groups excluding carboxylic acids is 2. The summed E-state index contributed by atoms with van der Waals surface area (Å²) in [7, 11) is 4.45. The number of rotatable bonds is 3. The molecular formula is C10H21Br3O4P2. The summed E-state index contributed by atoms with van der Waals surface area (Å²) >= 11 is 9.12. The second-order valence-electron chi connectivity index (χ2n) is 4.00. The van der Waals surface area contributed by atoms with Crippen LogP contribution in [0, 0.1) is 0 Å². The highest BCUT2D eigenvalue weighted by molar-refractivity contribution is 9.20. The highest BCUT2D eigenvalue weighted by Crippen LogP contribution is 2.19. The van der Waals surface area contributed by atoms with Crippen LogP contribution in [-0.2, 0) is 14.3 Å². The summed E-state index contributed by atoms with van der Waals surface area (Å²) < 4.78 is 3.69. The molecule has 0 fully saturated rings. The van der Waals surface area contributed by atoms with Gasteiger partial charge in [0.1, 0.15) is 10.7 Å². The Balaban J connectivity index is -0.000000228. The van der Waals surface area contributed by atoms with Crippen LogP contribution >= 0.6 is 66.3 Å². The Kier molecular flexibility index (Phi) is 17.5. The third-order valence-corrected chi connectivity index (χ3v) is 3.54. The molecule has 2 atom stereocenters. The van der Waals surface area contributed by atoms with Crippen LogP contribution in [0.2, 0.25) is 0 Å². The molecule has 0 aliphatic rings. The van der Waals surface area contributed by atoms with Gasteiger partial charge in [-0.3, -0.25) is 9.59 Å². The molecule has 0 aromatic rings. The molecule has 9 heteroatoms. The number of aliphatic hydroxyl groups is 1. The van der Waals surface area contributed by atoms with Gasteiger partial charge in [-0.05, 0) is 43.6 Å². The van der Waals surface area contributed by atoms with Crippen LogP contribution in [-0.4, -0.2) is 37.1 Å². The van der Waals surface area contributed by atoms with Crippen molar-refractivity contribution in [1.29, 1.82) is 0 Å². The molecule has 0 radical (unpaired) electrons. The minimum atomic E-state index is -0.552. The van der Waals surface area contributed by atoms with Gasteiger partial charge >= 0.3 is 5.97 Å². The Hall–Kier alpha value is 1.40. The van der Waals surface area contributed by atoms with E-state index in [0.717, 1.165) is 0 Å². The maximum absolute atomic E-state index is 10.8. The summed E-state index contributed by atoms with van der Waals surface area (Å²) in [6, 6.07) is 0. The van der Waals surface area contributed by atoms with Crippen LogP contribution in [0.4, 0.5) is 0 Å². The lowest BCUT2D eigenvalue weighted by Gasteiger charge is -2.12. The molecule has 4 nitrogen and oxygen atoms in total. The maximum atomic E-state index is 10.8. The molecular weight excluding hydrogens is 486 g/mol. The Morgan fingerprint density at radius 3 is 1.42 bits per heavy atom. The number of aliphatic hydroxyl groups excluding tert-OH is 1. The van der Waals surface area contributed by atoms with Gasteiger partial charge in [-0.15, -0.1) is 9.24 Å². The van der Waals surface area contributed by atoms with Crippen LogP contribution in [0.15, 0.2) is 0 Å². The first-order valence-corrected chi connectivity index (χ1v) is 9.11. The van der Waals surface area contributed by atoms with E-state index < -0.39 is 8.65 Å². The van der Waals surface area contributed by atoms with Crippen LogP contribution in [0.1, 0.15) is 27.7 Å². The molecule has 0 aliphatic heterocycles. The van der Waals surface area contributed by atoms with E-state index in [2.05, 4.69) is 71.0 Å². The van der Waals surface area contributed by atoms with Gasteiger partial charge in [-0.2, -0.15) is 0 Å². The number of esters is 1. The first-order chi connectivity index (χ1) is 8.34. The average Bonchev–Trinajstić information content (AvgIpc) is 2.17. The van der Waals surface area contributed by atoms with Gasteiger partial charge < -0.3 is 9.84 Å². The van der Waals surface area contributed by atoms with E-state index in [4.69, 9.17) is 5.11 Å². The van der Waals surface area contributed by atoms with E-state index in [9.17, 15) is 9.59 Å². The van der Waals surface area contributed by atoms with Crippen molar-refractivity contribution in [3.05, 3.63) is 0 Å². The van der Waals surface area contributed by atoms with Gasteiger partial charge in [0, 0.05) is 0 Å². The Labute approximate surface area is 145 Å². The van der Waals surface area contributed by atoms with Crippen molar-refractivity contribution >= 4 is 76.9 Å². The molecule has 0 aliphatic carbocycles. The number of carbonyl (C=O) groups is 2. The number of hydrogen-bond donors (Lipinski definition) is 1. The first-order valence-electron chi connectivity index (χ1n) is 5.10. The molecule has 19 heavy (non-hydrogen) atoms. The zero-order chi connectivity index (χ0) is 16.3. The van der Waals surface area contributed by atoms with Gasteiger partial charge in [0.15, 0.2) is 0 Å². The number of alkyl halides is 2. The lowest BCUT2D eigenvalue weighted by atomic mass is 10.2. The standard InChI is InChI=1S/C5H10BrO2P.C4H6Br2O.CH5OP/c1-5(2,6)4(7)8-3-9;1-4(2,6)3(5)7;2-1-3/h3,9H2,1-2H3;1-2H3;2H,1,3H2. The maximum Gasteiger partial charge on any atom is 0.322 e. The number of hydrogen-bond acceptors (Lipinski definition) is 4. The molecule has 0 amide bonds. The lowest BCUT2D eigenvalue weighted by molar-refractivity contribution is -0.143. The molecule has 1 N–H and O–H groups in total. The van der Waals surface area contributed by atoms with E-state index in [1.165, 1.54) is 0 Å². The third kappa shape index (κ3) is 21.8. The topological polar surface area (TPSA) is 63.6 Å². The molecule has 116 valence electrons. The Bertz CT molecular complexity index is 262. The Morgan fingerprint density at radius 1 is 1.11 bits per heavy atom. The van der Waals surface area contributed by atoms with Crippen molar-refractivity contribution in [2.24, 2.45) is 0 Å². The summed E-state index contributed by atoms with van der Waals surface area (Å²) in [5.41, 5.74) is 0. The molecule has 0 saturated carbocycles. The highest BCUT2D eigenvalue weighted by Gasteiger charge is 2.24. The second kappa shape index (κ2) is 13.1. The molecule has 0 rings (SSSR count). The Morgan fingerprint density at radius 2 is 1.37 bits per heavy atom. The normalized spacial score (nSPS) is 10.4. The van der Waals surface area contributed by atoms with Gasteiger partial charge in [0.2, 0.25) is 4.69 Å². The fourth-order valence-electron chi connectivity index (χ4n) is 0.247. The average molecular weight is 507 g/mol. The van der Waals surface area contributed by atoms with Crippen LogP contribution in [0.25, 0.3) is 0 Å². The monoisotopic (exact) mass is 504 g/mol. The van der Waals surface area contributed by atoms with Crippen LogP contribution in [0.3, 0.4) is 0 Å². The zero-order valence-electron chi connectivity index (χ0n) is 11.4. The highest BCUT2D eigenvalue weighted by atomic mass is 79.9. The number of halogens is 3. The van der Waals surface area contributed by atoms with Crippen molar-refractivity contribution < 1.29 is 19.4 Å². The SMILES string of the molecule is CC(C)(Br)C(=O)Br.CC(C)(Br)C(=O)OCP.OCP. The molecule has 0 aromatic carbocycles. The van der Waals surface area contributed by atoms with Gasteiger partial charge in [-0.25, -0.2) is 0 Å². The summed E-state index contributed by atoms with van der Waals surface area (Å²) in [6.07, 6.45) is 0.522. The van der Waals surface area contributed by atoms with Gasteiger partial charge in [0.05, 0.1) is 10.7 Å². The van der Waals surface area contributed by atoms with Crippen LogP contribution < -0.4 is 0 Å². The third-order valence-electron chi connectivity index (χ3n) is 1.17. The van der Waals surface area contributed by atoms with Gasteiger partial charge in [0.25, 0.3) is 0 Å². The van der Waals surface area contributed by atoms with Gasteiger partial charge in [-0.1, -0.05) is 41.1 Å². The van der Waals surface area contributed by atoms with E-state index in [-0.39, 0.29) is 17.0 Å². The molecule has 0 heterocycles. The molecule has 0 saturated heterocycles.